The zero-order valence-electron chi connectivity index (χ0n) is 12.0. The van der Waals surface area contributed by atoms with E-state index in [1.807, 2.05) is 11.9 Å². The van der Waals surface area contributed by atoms with Crippen molar-refractivity contribution >= 4 is 5.69 Å². The topological polar surface area (TPSA) is 38.5 Å². The molecule has 2 aromatic rings. The van der Waals surface area contributed by atoms with Crippen molar-refractivity contribution < 1.29 is 13.5 Å². The predicted molar refractivity (Wildman–Crippen MR) is 79.6 cm³/mol. The number of nitrogens with zero attached hydrogens (tertiary/aromatic N) is 1. The third-order valence-corrected chi connectivity index (χ3v) is 3.34. The standard InChI is InChI=1S/C16H18F2N2O/c1-20(13-6-4-12(17)5-7-13)10-15(19)11-3-8-16(21-2)14(18)9-11/h3-9,15H,10,19H2,1-2H3. The van der Waals surface area contributed by atoms with Crippen molar-refractivity contribution in [3.63, 3.8) is 0 Å². The Balaban J connectivity index is 2.08. The molecule has 0 fully saturated rings. The maximum absolute atomic E-state index is 13.7. The van der Waals surface area contributed by atoms with E-state index in [0.29, 0.717) is 12.1 Å². The molecule has 0 spiro atoms. The van der Waals surface area contributed by atoms with Crippen LogP contribution in [0.2, 0.25) is 0 Å². The number of methoxy groups -OCH3 is 1. The number of hydrogen-bond donors (Lipinski definition) is 1. The van der Waals surface area contributed by atoms with Gasteiger partial charge in [-0.3, -0.25) is 0 Å². The second kappa shape index (κ2) is 6.54. The van der Waals surface area contributed by atoms with Crippen molar-refractivity contribution in [2.24, 2.45) is 5.73 Å². The van der Waals surface area contributed by atoms with Crippen molar-refractivity contribution in [2.75, 3.05) is 25.6 Å². The van der Waals surface area contributed by atoms with E-state index in [1.54, 1.807) is 24.3 Å². The number of likely N-dealkylation sites (N-methyl/N-ethyl adjacent to an activating group) is 1. The fraction of sp³-hybridized carbons (Fsp3) is 0.250. The number of rotatable bonds is 5. The highest BCUT2D eigenvalue weighted by molar-refractivity contribution is 5.46. The van der Waals surface area contributed by atoms with E-state index < -0.39 is 5.82 Å². The largest absolute Gasteiger partial charge is 0.494 e. The molecular formula is C16H18F2N2O. The van der Waals surface area contributed by atoms with Gasteiger partial charge in [0.2, 0.25) is 0 Å². The molecule has 0 amide bonds. The fourth-order valence-electron chi connectivity index (χ4n) is 2.11. The third kappa shape index (κ3) is 3.70. The highest BCUT2D eigenvalue weighted by atomic mass is 19.1. The maximum atomic E-state index is 13.7. The molecule has 21 heavy (non-hydrogen) atoms. The molecule has 1 unspecified atom stereocenters. The Morgan fingerprint density at radius 1 is 1.14 bits per heavy atom. The zero-order valence-corrected chi connectivity index (χ0v) is 12.0. The van der Waals surface area contributed by atoms with Gasteiger partial charge in [-0.2, -0.15) is 0 Å². The number of hydrogen-bond acceptors (Lipinski definition) is 3. The lowest BCUT2D eigenvalue weighted by Gasteiger charge is -2.24. The van der Waals surface area contributed by atoms with Gasteiger partial charge in [-0.25, -0.2) is 8.78 Å². The van der Waals surface area contributed by atoms with Crippen LogP contribution < -0.4 is 15.4 Å². The summed E-state index contributed by atoms with van der Waals surface area (Å²) >= 11 is 0. The highest BCUT2D eigenvalue weighted by Crippen LogP contribution is 2.22. The molecule has 2 N–H and O–H groups in total. The Kier molecular flexibility index (Phi) is 4.75. The van der Waals surface area contributed by atoms with Crippen LogP contribution in [-0.4, -0.2) is 20.7 Å². The molecule has 0 saturated carbocycles. The molecule has 0 aliphatic carbocycles. The molecule has 0 aliphatic rings. The summed E-state index contributed by atoms with van der Waals surface area (Å²) < 4.78 is 31.5. The summed E-state index contributed by atoms with van der Waals surface area (Å²) in [6.07, 6.45) is 0. The van der Waals surface area contributed by atoms with Gasteiger partial charge in [-0.15, -0.1) is 0 Å². The van der Waals surface area contributed by atoms with E-state index in [2.05, 4.69) is 0 Å². The Labute approximate surface area is 122 Å². The lowest BCUT2D eigenvalue weighted by atomic mass is 10.1. The number of anilines is 1. The molecule has 0 radical (unpaired) electrons. The SMILES string of the molecule is COc1ccc(C(N)CN(C)c2ccc(F)cc2)cc1F. The van der Waals surface area contributed by atoms with E-state index in [0.717, 1.165) is 5.69 Å². The summed E-state index contributed by atoms with van der Waals surface area (Å²) in [7, 11) is 3.27. The normalized spacial score (nSPS) is 12.0. The summed E-state index contributed by atoms with van der Waals surface area (Å²) in [6.45, 7) is 0.484. The smallest absolute Gasteiger partial charge is 0.165 e. The minimum absolute atomic E-state index is 0.192. The maximum Gasteiger partial charge on any atom is 0.165 e. The molecule has 0 aromatic heterocycles. The lowest BCUT2D eigenvalue weighted by Crippen LogP contribution is -2.29. The average molecular weight is 292 g/mol. The molecule has 1 atom stereocenters. The van der Waals surface area contributed by atoms with Crippen molar-refractivity contribution in [3.05, 3.63) is 59.7 Å². The summed E-state index contributed by atoms with van der Waals surface area (Å²) in [5.41, 5.74) is 7.63. The van der Waals surface area contributed by atoms with Gasteiger partial charge in [0, 0.05) is 25.3 Å². The molecule has 112 valence electrons. The van der Waals surface area contributed by atoms with E-state index in [1.165, 1.54) is 25.3 Å². The minimum atomic E-state index is -0.435. The van der Waals surface area contributed by atoms with Crippen molar-refractivity contribution in [2.45, 2.75) is 6.04 Å². The van der Waals surface area contributed by atoms with Crippen LogP contribution in [0.15, 0.2) is 42.5 Å². The van der Waals surface area contributed by atoms with Crippen LogP contribution in [0.4, 0.5) is 14.5 Å². The molecule has 3 nitrogen and oxygen atoms in total. The summed E-state index contributed by atoms with van der Waals surface area (Å²) in [5.74, 6) is -0.526. The summed E-state index contributed by atoms with van der Waals surface area (Å²) in [6, 6.07) is 10.5. The van der Waals surface area contributed by atoms with E-state index in [-0.39, 0.29) is 17.6 Å². The first-order valence-electron chi connectivity index (χ1n) is 6.57. The quantitative estimate of drug-likeness (QED) is 0.920. The fourth-order valence-corrected chi connectivity index (χ4v) is 2.11. The third-order valence-electron chi connectivity index (χ3n) is 3.34. The Hall–Kier alpha value is -2.14. The second-order valence-electron chi connectivity index (χ2n) is 4.86. The molecule has 2 rings (SSSR count). The molecule has 0 heterocycles. The van der Waals surface area contributed by atoms with E-state index in [9.17, 15) is 8.78 Å². The van der Waals surface area contributed by atoms with Crippen LogP contribution in [0.1, 0.15) is 11.6 Å². The Morgan fingerprint density at radius 2 is 1.81 bits per heavy atom. The summed E-state index contributed by atoms with van der Waals surface area (Å²) in [4.78, 5) is 1.90. The number of benzene rings is 2. The first kappa shape index (κ1) is 15.3. The molecule has 0 bridgehead atoms. The second-order valence-corrected chi connectivity index (χ2v) is 4.86. The van der Waals surface area contributed by atoms with Gasteiger partial charge in [0.1, 0.15) is 5.82 Å². The monoisotopic (exact) mass is 292 g/mol. The number of nitrogens with two attached hydrogens (primary N) is 1. The van der Waals surface area contributed by atoms with Crippen LogP contribution in [0, 0.1) is 11.6 Å². The predicted octanol–water partition coefficient (Wildman–Crippen LogP) is 3.11. The minimum Gasteiger partial charge on any atom is -0.494 e. The zero-order chi connectivity index (χ0) is 15.4. The first-order chi connectivity index (χ1) is 10.0. The molecule has 0 saturated heterocycles. The van der Waals surface area contributed by atoms with Crippen LogP contribution in [0.5, 0.6) is 5.75 Å². The van der Waals surface area contributed by atoms with Crippen LogP contribution in [0.3, 0.4) is 0 Å². The average Bonchev–Trinajstić information content (AvgIpc) is 2.47. The first-order valence-corrected chi connectivity index (χ1v) is 6.57. The van der Waals surface area contributed by atoms with Crippen molar-refractivity contribution in [1.82, 2.24) is 0 Å². The Bertz CT molecular complexity index is 602. The van der Waals surface area contributed by atoms with Gasteiger partial charge in [0.25, 0.3) is 0 Å². The summed E-state index contributed by atoms with van der Waals surface area (Å²) in [5, 5.41) is 0. The molecule has 2 aromatic carbocycles. The lowest BCUT2D eigenvalue weighted by molar-refractivity contribution is 0.386. The number of ether oxygens (including phenoxy) is 1. The van der Waals surface area contributed by atoms with Gasteiger partial charge in [0.05, 0.1) is 7.11 Å². The van der Waals surface area contributed by atoms with E-state index >= 15 is 0 Å². The number of halogens is 2. The van der Waals surface area contributed by atoms with Crippen molar-refractivity contribution in [3.8, 4) is 5.75 Å². The van der Waals surface area contributed by atoms with Crippen LogP contribution in [-0.2, 0) is 0 Å². The van der Waals surface area contributed by atoms with Gasteiger partial charge >= 0.3 is 0 Å². The highest BCUT2D eigenvalue weighted by Gasteiger charge is 2.12. The van der Waals surface area contributed by atoms with Gasteiger partial charge < -0.3 is 15.4 Å². The van der Waals surface area contributed by atoms with Crippen molar-refractivity contribution in [1.29, 1.82) is 0 Å². The van der Waals surface area contributed by atoms with Gasteiger partial charge in [-0.1, -0.05) is 6.07 Å². The molecule has 5 heteroatoms. The molecular weight excluding hydrogens is 274 g/mol. The van der Waals surface area contributed by atoms with Gasteiger partial charge in [-0.05, 0) is 42.0 Å². The van der Waals surface area contributed by atoms with E-state index in [4.69, 9.17) is 10.5 Å². The van der Waals surface area contributed by atoms with Crippen LogP contribution in [0.25, 0.3) is 0 Å². The Morgan fingerprint density at radius 3 is 2.38 bits per heavy atom. The molecule has 0 aliphatic heterocycles. The van der Waals surface area contributed by atoms with Crippen LogP contribution >= 0.6 is 0 Å². The van der Waals surface area contributed by atoms with Gasteiger partial charge in [0.15, 0.2) is 11.6 Å².